The Morgan fingerprint density at radius 1 is 1.18 bits per heavy atom. The number of halogens is 2. The molecule has 2 fully saturated rings. The summed E-state index contributed by atoms with van der Waals surface area (Å²) in [5, 5.41) is 18.0. The van der Waals surface area contributed by atoms with E-state index in [1.807, 2.05) is 18.2 Å². The summed E-state index contributed by atoms with van der Waals surface area (Å²) in [5.74, 6) is 0.685. The minimum atomic E-state index is -3.38. The standard InChI is InChI=1S/C28H40Cl2N4O4S/c1-18(2)39(36,37)34-10-5-6-20(17-34)27(35)33-26-13-23(25(30)16-32-26)22-12-21(7-8-24(22)29)31-15-19-9-11-38-28(3,4)14-19/h7-8,12-13,16,18-20,27,31,35H,5-6,9-11,14-15,17H2,1-4H3,(H,32,33)/t19-,20+,27?/m1/s1. The third-order valence-corrected chi connectivity index (χ3v) is 10.5. The molecule has 3 N–H and O–H groups in total. The molecule has 0 aliphatic carbocycles. The molecule has 0 bridgehead atoms. The maximum Gasteiger partial charge on any atom is 0.216 e. The molecule has 2 saturated heterocycles. The predicted octanol–water partition coefficient (Wildman–Crippen LogP) is 5.85. The number of aromatic nitrogens is 1. The molecule has 8 nitrogen and oxygen atoms in total. The van der Waals surface area contributed by atoms with Crippen LogP contribution in [0.4, 0.5) is 11.5 Å². The highest BCUT2D eigenvalue weighted by atomic mass is 35.5. The fourth-order valence-corrected chi connectivity index (χ4v) is 7.19. The minimum absolute atomic E-state index is 0.104. The zero-order valence-electron chi connectivity index (χ0n) is 23.1. The Kier molecular flexibility index (Phi) is 9.72. The predicted molar refractivity (Wildman–Crippen MR) is 159 cm³/mol. The first-order valence-electron chi connectivity index (χ1n) is 13.6. The van der Waals surface area contributed by atoms with E-state index in [-0.39, 0.29) is 18.1 Å². The van der Waals surface area contributed by atoms with Crippen LogP contribution in [0.15, 0.2) is 30.5 Å². The van der Waals surface area contributed by atoms with Crippen molar-refractivity contribution in [1.29, 1.82) is 0 Å². The van der Waals surface area contributed by atoms with Crippen LogP contribution in [-0.2, 0) is 14.8 Å². The van der Waals surface area contributed by atoms with Crippen molar-refractivity contribution in [2.75, 3.05) is 36.9 Å². The zero-order chi connectivity index (χ0) is 28.4. The molecule has 2 aliphatic rings. The topological polar surface area (TPSA) is 104 Å². The van der Waals surface area contributed by atoms with Crippen LogP contribution >= 0.6 is 23.2 Å². The first kappa shape index (κ1) is 30.3. The summed E-state index contributed by atoms with van der Waals surface area (Å²) in [6, 6.07) is 7.54. The highest BCUT2D eigenvalue weighted by Gasteiger charge is 2.34. The Hall–Kier alpha value is -1.62. The molecule has 39 heavy (non-hydrogen) atoms. The SMILES string of the molecule is CC(C)S(=O)(=O)N1CCC[C@H](C(O)Nc2cc(-c3cc(NC[C@@H]4CCOC(C)(C)C4)ccc3Cl)c(Cl)cn2)C1. The van der Waals surface area contributed by atoms with E-state index in [0.29, 0.717) is 46.7 Å². The van der Waals surface area contributed by atoms with Crippen molar-refractivity contribution in [3.05, 3.63) is 40.5 Å². The van der Waals surface area contributed by atoms with Crippen molar-refractivity contribution in [1.82, 2.24) is 9.29 Å². The third kappa shape index (κ3) is 7.57. The number of sulfonamides is 1. The Labute approximate surface area is 242 Å². The van der Waals surface area contributed by atoms with Gasteiger partial charge >= 0.3 is 0 Å². The van der Waals surface area contributed by atoms with Crippen LogP contribution < -0.4 is 10.6 Å². The van der Waals surface area contributed by atoms with Gasteiger partial charge in [0.2, 0.25) is 10.0 Å². The second-order valence-electron chi connectivity index (χ2n) is 11.5. The van der Waals surface area contributed by atoms with Gasteiger partial charge in [-0.1, -0.05) is 23.2 Å². The number of nitrogens with zero attached hydrogens (tertiary/aromatic N) is 2. The van der Waals surface area contributed by atoms with E-state index in [0.717, 1.165) is 37.2 Å². The molecule has 0 radical (unpaired) electrons. The number of aliphatic hydroxyl groups excluding tert-OH is 1. The van der Waals surface area contributed by atoms with E-state index in [1.165, 1.54) is 10.5 Å². The van der Waals surface area contributed by atoms with Crippen molar-refractivity contribution in [3.8, 4) is 11.1 Å². The Balaban J connectivity index is 1.46. The number of piperidine rings is 1. The monoisotopic (exact) mass is 598 g/mol. The van der Waals surface area contributed by atoms with Gasteiger partial charge < -0.3 is 20.5 Å². The molecular weight excluding hydrogens is 559 g/mol. The number of hydrogen-bond acceptors (Lipinski definition) is 7. The second kappa shape index (κ2) is 12.5. The van der Waals surface area contributed by atoms with Gasteiger partial charge in [-0.2, -0.15) is 0 Å². The summed E-state index contributed by atoms with van der Waals surface area (Å²) in [5.41, 5.74) is 2.28. The zero-order valence-corrected chi connectivity index (χ0v) is 25.4. The lowest BCUT2D eigenvalue weighted by atomic mass is 9.88. The van der Waals surface area contributed by atoms with Gasteiger partial charge in [0.15, 0.2) is 0 Å². The average Bonchev–Trinajstić information content (AvgIpc) is 2.89. The number of ether oxygens (including phenoxy) is 1. The maximum atomic E-state index is 12.6. The van der Waals surface area contributed by atoms with E-state index in [9.17, 15) is 13.5 Å². The summed E-state index contributed by atoms with van der Waals surface area (Å²) in [4.78, 5) is 4.35. The number of hydrogen-bond donors (Lipinski definition) is 3. The van der Waals surface area contributed by atoms with Gasteiger partial charge in [-0.15, -0.1) is 0 Å². The van der Waals surface area contributed by atoms with E-state index >= 15 is 0 Å². The molecule has 0 spiro atoms. The average molecular weight is 600 g/mol. The van der Waals surface area contributed by atoms with Crippen molar-refractivity contribution >= 4 is 44.7 Å². The Bertz CT molecular complexity index is 1260. The number of nitrogens with one attached hydrogen (secondary N) is 2. The van der Waals surface area contributed by atoms with Crippen LogP contribution in [0.5, 0.6) is 0 Å². The molecule has 0 amide bonds. The van der Waals surface area contributed by atoms with Crippen LogP contribution in [0.3, 0.4) is 0 Å². The molecule has 2 aliphatic heterocycles. The van der Waals surface area contributed by atoms with Gasteiger partial charge in [-0.25, -0.2) is 17.7 Å². The molecule has 11 heteroatoms. The molecule has 3 heterocycles. The van der Waals surface area contributed by atoms with Crippen LogP contribution in [0, 0.1) is 11.8 Å². The summed E-state index contributed by atoms with van der Waals surface area (Å²) in [6.45, 7) is 9.95. The second-order valence-corrected chi connectivity index (χ2v) is 14.8. The van der Waals surface area contributed by atoms with Gasteiger partial charge in [-0.05, 0) is 83.6 Å². The van der Waals surface area contributed by atoms with Crippen molar-refractivity contribution in [3.63, 3.8) is 0 Å². The van der Waals surface area contributed by atoms with E-state index in [1.54, 1.807) is 19.9 Å². The smallest absolute Gasteiger partial charge is 0.216 e. The van der Waals surface area contributed by atoms with Gasteiger partial charge in [0, 0.05) is 60.2 Å². The lowest BCUT2D eigenvalue weighted by Gasteiger charge is -2.35. The van der Waals surface area contributed by atoms with Crippen LogP contribution in [0.25, 0.3) is 11.1 Å². The normalized spacial score (nSPS) is 23.0. The van der Waals surface area contributed by atoms with Crippen molar-refractivity contribution in [2.45, 2.75) is 70.5 Å². The van der Waals surface area contributed by atoms with Crippen LogP contribution in [0.2, 0.25) is 10.0 Å². The minimum Gasteiger partial charge on any atom is -0.385 e. The van der Waals surface area contributed by atoms with E-state index in [2.05, 4.69) is 29.5 Å². The molecule has 0 saturated carbocycles. The molecule has 2 aromatic rings. The van der Waals surface area contributed by atoms with Gasteiger partial charge in [-0.3, -0.25) is 0 Å². The molecule has 216 valence electrons. The molecule has 1 aromatic carbocycles. The number of anilines is 2. The summed E-state index contributed by atoms with van der Waals surface area (Å²) in [7, 11) is -3.38. The van der Waals surface area contributed by atoms with Crippen LogP contribution in [0.1, 0.15) is 53.4 Å². The van der Waals surface area contributed by atoms with E-state index < -0.39 is 21.5 Å². The van der Waals surface area contributed by atoms with Gasteiger partial charge in [0.25, 0.3) is 0 Å². The Morgan fingerprint density at radius 2 is 1.92 bits per heavy atom. The lowest BCUT2D eigenvalue weighted by Crippen LogP contribution is -2.47. The molecular formula is C28H40Cl2N4O4S. The molecule has 4 rings (SSSR count). The summed E-state index contributed by atoms with van der Waals surface area (Å²) < 4.78 is 32.6. The highest BCUT2D eigenvalue weighted by Crippen LogP contribution is 2.37. The Morgan fingerprint density at radius 3 is 2.64 bits per heavy atom. The highest BCUT2D eigenvalue weighted by molar-refractivity contribution is 7.89. The largest absolute Gasteiger partial charge is 0.385 e. The third-order valence-electron chi connectivity index (χ3n) is 7.62. The van der Waals surface area contributed by atoms with Crippen molar-refractivity contribution < 1.29 is 18.3 Å². The first-order chi connectivity index (χ1) is 18.4. The molecule has 1 aromatic heterocycles. The molecule has 3 atom stereocenters. The fourth-order valence-electron chi connectivity index (χ4n) is 5.39. The summed E-state index contributed by atoms with van der Waals surface area (Å²) >= 11 is 13.1. The first-order valence-corrected chi connectivity index (χ1v) is 15.9. The van der Waals surface area contributed by atoms with Crippen molar-refractivity contribution in [2.24, 2.45) is 11.8 Å². The van der Waals surface area contributed by atoms with Gasteiger partial charge in [0.1, 0.15) is 12.0 Å². The number of aliphatic hydroxyl groups is 1. The quantitative estimate of drug-likeness (QED) is 0.311. The summed E-state index contributed by atoms with van der Waals surface area (Å²) in [6.07, 6.45) is 3.98. The maximum absolute atomic E-state index is 12.6. The van der Waals surface area contributed by atoms with E-state index in [4.69, 9.17) is 27.9 Å². The number of benzene rings is 1. The number of rotatable bonds is 9. The fraction of sp³-hybridized carbons (Fsp3) is 0.607. The van der Waals surface area contributed by atoms with Gasteiger partial charge in [0.05, 0.1) is 15.9 Å². The lowest BCUT2D eigenvalue weighted by molar-refractivity contribution is -0.0699. The molecule has 1 unspecified atom stereocenters. The number of pyridine rings is 1. The van der Waals surface area contributed by atoms with Crippen LogP contribution in [-0.4, -0.2) is 66.1 Å².